The highest BCUT2D eigenvalue weighted by Crippen LogP contribution is 2.25. The first kappa shape index (κ1) is 12.5. The molecule has 0 aromatic rings. The van der Waals surface area contributed by atoms with Crippen molar-refractivity contribution in [3.63, 3.8) is 0 Å². The van der Waals surface area contributed by atoms with Crippen molar-refractivity contribution in [3.8, 4) is 0 Å². The van der Waals surface area contributed by atoms with Crippen LogP contribution in [-0.4, -0.2) is 24.5 Å². The minimum absolute atomic E-state index is 0.220. The quantitative estimate of drug-likeness (QED) is 0.611. The normalized spacial score (nSPS) is 28.3. The maximum atomic E-state index is 11.3. The zero-order valence-corrected chi connectivity index (χ0v) is 9.70. The Morgan fingerprint density at radius 1 is 1.47 bits per heavy atom. The second-order valence-corrected chi connectivity index (χ2v) is 4.82. The van der Waals surface area contributed by atoms with E-state index in [-0.39, 0.29) is 17.9 Å². The molecule has 1 saturated carbocycles. The van der Waals surface area contributed by atoms with E-state index in [1.807, 2.05) is 13.8 Å². The van der Waals surface area contributed by atoms with Gasteiger partial charge in [-0.2, -0.15) is 0 Å². The van der Waals surface area contributed by atoms with Gasteiger partial charge in [0.15, 0.2) is 0 Å². The lowest BCUT2D eigenvalue weighted by Crippen LogP contribution is -2.51. The minimum atomic E-state index is -0.257. The summed E-state index contributed by atoms with van der Waals surface area (Å²) in [7, 11) is 0. The van der Waals surface area contributed by atoms with E-state index in [0.29, 0.717) is 18.5 Å². The second-order valence-electron chi connectivity index (χ2n) is 4.82. The molecule has 0 radical (unpaired) electrons. The third kappa shape index (κ3) is 3.18. The van der Waals surface area contributed by atoms with E-state index in [1.54, 1.807) is 0 Å². The molecule has 0 heterocycles. The Balaban J connectivity index is 2.54. The summed E-state index contributed by atoms with van der Waals surface area (Å²) in [5.41, 5.74) is 11.1. The molecule has 0 aliphatic heterocycles. The third-order valence-corrected chi connectivity index (χ3v) is 3.33. The molecule has 0 aromatic carbocycles. The van der Waals surface area contributed by atoms with Crippen LogP contribution in [0.3, 0.4) is 0 Å². The molecule has 88 valence electrons. The van der Waals surface area contributed by atoms with Crippen LogP contribution < -0.4 is 16.8 Å². The Kier molecular flexibility index (Phi) is 4.54. The number of hydrogen-bond donors (Lipinski definition) is 3. The average Bonchev–Trinajstić information content (AvgIpc) is 2.59. The number of primary amides is 1. The van der Waals surface area contributed by atoms with Crippen LogP contribution >= 0.6 is 0 Å². The summed E-state index contributed by atoms with van der Waals surface area (Å²) in [6.07, 6.45) is 3.47. The molecule has 4 heteroatoms. The van der Waals surface area contributed by atoms with Crippen LogP contribution in [0.1, 0.15) is 33.1 Å². The molecule has 4 nitrogen and oxygen atoms in total. The lowest BCUT2D eigenvalue weighted by atomic mass is 9.98. The highest BCUT2D eigenvalue weighted by atomic mass is 16.1. The molecule has 0 bridgehead atoms. The molecule has 1 aliphatic rings. The fraction of sp³-hybridized carbons (Fsp3) is 0.909. The molecule has 3 atom stereocenters. The van der Waals surface area contributed by atoms with Gasteiger partial charge in [-0.05, 0) is 31.2 Å². The summed E-state index contributed by atoms with van der Waals surface area (Å²) < 4.78 is 0. The predicted octanol–water partition coefficient (Wildman–Crippen LogP) is 0.213. The average molecular weight is 213 g/mol. The molecule has 1 rings (SSSR count). The molecule has 0 aromatic heterocycles. The van der Waals surface area contributed by atoms with Crippen LogP contribution in [0.2, 0.25) is 0 Å². The summed E-state index contributed by atoms with van der Waals surface area (Å²) in [6, 6.07) is 0.150. The molecule has 1 fully saturated rings. The van der Waals surface area contributed by atoms with Gasteiger partial charge in [0.2, 0.25) is 5.91 Å². The van der Waals surface area contributed by atoms with Gasteiger partial charge in [0.05, 0.1) is 6.04 Å². The monoisotopic (exact) mass is 213 g/mol. The minimum Gasteiger partial charge on any atom is -0.368 e. The number of nitrogens with one attached hydrogen (secondary N) is 1. The molecule has 5 N–H and O–H groups in total. The largest absolute Gasteiger partial charge is 0.368 e. The summed E-state index contributed by atoms with van der Waals surface area (Å²) in [5.74, 6) is 0.486. The summed E-state index contributed by atoms with van der Waals surface area (Å²) in [5, 5.41) is 3.36. The number of carbonyl (C=O) groups is 1. The van der Waals surface area contributed by atoms with Crippen molar-refractivity contribution < 1.29 is 4.79 Å². The molecule has 3 unspecified atom stereocenters. The maximum absolute atomic E-state index is 11.3. The summed E-state index contributed by atoms with van der Waals surface area (Å²) in [6.45, 7) is 4.71. The molecule has 0 spiro atoms. The van der Waals surface area contributed by atoms with Crippen LogP contribution in [-0.2, 0) is 4.79 Å². The molecular weight excluding hydrogens is 190 g/mol. The smallest absolute Gasteiger partial charge is 0.234 e. The van der Waals surface area contributed by atoms with E-state index in [9.17, 15) is 4.79 Å². The Labute approximate surface area is 91.8 Å². The van der Waals surface area contributed by atoms with Gasteiger partial charge in [-0.1, -0.05) is 20.3 Å². The summed E-state index contributed by atoms with van der Waals surface area (Å²) >= 11 is 0. The predicted molar refractivity (Wildman–Crippen MR) is 61.1 cm³/mol. The van der Waals surface area contributed by atoms with Gasteiger partial charge in [-0.3, -0.25) is 4.79 Å². The zero-order chi connectivity index (χ0) is 11.4. The Morgan fingerprint density at radius 2 is 2.13 bits per heavy atom. The number of nitrogens with two attached hydrogens (primary N) is 2. The highest BCUT2D eigenvalue weighted by molar-refractivity contribution is 5.80. The van der Waals surface area contributed by atoms with Crippen LogP contribution in [0.15, 0.2) is 0 Å². The number of hydrogen-bond acceptors (Lipinski definition) is 3. The van der Waals surface area contributed by atoms with Crippen molar-refractivity contribution in [2.24, 2.45) is 23.3 Å². The Hall–Kier alpha value is -0.610. The maximum Gasteiger partial charge on any atom is 0.234 e. The molecule has 1 amide bonds. The van der Waals surface area contributed by atoms with Gasteiger partial charge >= 0.3 is 0 Å². The Bertz CT molecular complexity index is 218. The van der Waals surface area contributed by atoms with Crippen LogP contribution in [0.5, 0.6) is 0 Å². The lowest BCUT2D eigenvalue weighted by molar-refractivity contribution is -0.121. The second kappa shape index (κ2) is 5.47. The molecule has 0 saturated heterocycles. The third-order valence-electron chi connectivity index (χ3n) is 3.33. The van der Waals surface area contributed by atoms with Gasteiger partial charge in [-0.15, -0.1) is 0 Å². The number of carbonyl (C=O) groups excluding carboxylic acids is 1. The van der Waals surface area contributed by atoms with Crippen molar-refractivity contribution >= 4 is 5.91 Å². The van der Waals surface area contributed by atoms with Gasteiger partial charge in [0.1, 0.15) is 0 Å². The molecule has 1 aliphatic carbocycles. The first-order chi connectivity index (χ1) is 7.06. The first-order valence-corrected chi connectivity index (χ1v) is 5.81. The SMILES string of the molecule is CC(C)C(NC1CCCC1CN)C(N)=O. The lowest BCUT2D eigenvalue weighted by Gasteiger charge is -2.27. The van der Waals surface area contributed by atoms with Crippen molar-refractivity contribution in [1.29, 1.82) is 0 Å². The fourth-order valence-electron chi connectivity index (χ4n) is 2.37. The Morgan fingerprint density at radius 3 is 2.60 bits per heavy atom. The van der Waals surface area contributed by atoms with Gasteiger partial charge in [0.25, 0.3) is 0 Å². The first-order valence-electron chi connectivity index (χ1n) is 5.81. The van der Waals surface area contributed by atoms with E-state index in [4.69, 9.17) is 11.5 Å². The van der Waals surface area contributed by atoms with E-state index in [0.717, 1.165) is 12.8 Å². The van der Waals surface area contributed by atoms with Crippen molar-refractivity contribution in [1.82, 2.24) is 5.32 Å². The zero-order valence-electron chi connectivity index (χ0n) is 9.70. The highest BCUT2D eigenvalue weighted by Gasteiger charge is 2.30. The van der Waals surface area contributed by atoms with E-state index < -0.39 is 0 Å². The van der Waals surface area contributed by atoms with Gasteiger partial charge in [-0.25, -0.2) is 0 Å². The van der Waals surface area contributed by atoms with Crippen molar-refractivity contribution in [3.05, 3.63) is 0 Å². The number of amides is 1. The summed E-state index contributed by atoms with van der Waals surface area (Å²) in [4.78, 5) is 11.3. The fourth-order valence-corrected chi connectivity index (χ4v) is 2.37. The van der Waals surface area contributed by atoms with Gasteiger partial charge < -0.3 is 16.8 Å². The van der Waals surface area contributed by atoms with Gasteiger partial charge in [0, 0.05) is 6.04 Å². The molecular formula is C11H23N3O. The van der Waals surface area contributed by atoms with E-state index >= 15 is 0 Å². The van der Waals surface area contributed by atoms with E-state index in [1.165, 1.54) is 6.42 Å². The molecule has 15 heavy (non-hydrogen) atoms. The number of rotatable bonds is 5. The van der Waals surface area contributed by atoms with Crippen molar-refractivity contribution in [2.45, 2.75) is 45.2 Å². The topological polar surface area (TPSA) is 81.1 Å². The van der Waals surface area contributed by atoms with Crippen LogP contribution in [0, 0.1) is 11.8 Å². The van der Waals surface area contributed by atoms with E-state index in [2.05, 4.69) is 5.32 Å². The van der Waals surface area contributed by atoms with Crippen LogP contribution in [0.25, 0.3) is 0 Å². The van der Waals surface area contributed by atoms with Crippen molar-refractivity contribution in [2.75, 3.05) is 6.54 Å². The van der Waals surface area contributed by atoms with Crippen LogP contribution in [0.4, 0.5) is 0 Å². The standard InChI is InChI=1S/C11H23N3O/c1-7(2)10(11(13)15)14-9-5-3-4-8(9)6-12/h7-10,14H,3-6,12H2,1-2H3,(H2,13,15).